The summed E-state index contributed by atoms with van der Waals surface area (Å²) < 4.78 is 0. The molecule has 170 valence electrons. The van der Waals surface area contributed by atoms with E-state index in [-0.39, 0.29) is 0 Å². The lowest BCUT2D eigenvalue weighted by atomic mass is 9.60. The molecule has 2 saturated carbocycles. The van der Waals surface area contributed by atoms with Crippen LogP contribution in [0.1, 0.15) is 114 Å². The second kappa shape index (κ2) is 11.0. The first-order valence-electron chi connectivity index (χ1n) is 13.7. The van der Waals surface area contributed by atoms with E-state index in [0.717, 1.165) is 18.3 Å². The summed E-state index contributed by atoms with van der Waals surface area (Å²) in [7, 11) is 0. The van der Waals surface area contributed by atoms with Crippen LogP contribution in [0.2, 0.25) is 0 Å². The number of allylic oxidation sites excluding steroid dienone is 4. The fourth-order valence-corrected chi connectivity index (χ4v) is 6.82. The first-order chi connectivity index (χ1) is 15.2. The van der Waals surface area contributed by atoms with Gasteiger partial charge in [0, 0.05) is 0 Å². The summed E-state index contributed by atoms with van der Waals surface area (Å²) in [6, 6.07) is 7.42. The predicted octanol–water partition coefficient (Wildman–Crippen LogP) is 9.17. The van der Waals surface area contributed by atoms with Crippen molar-refractivity contribution in [2.45, 2.75) is 117 Å². The lowest BCUT2D eigenvalue weighted by molar-refractivity contribution is 0.0808. The van der Waals surface area contributed by atoms with E-state index in [4.69, 9.17) is 0 Å². The molecule has 0 radical (unpaired) electrons. The standard InChI is InChI=1S/C31H46/c1-3-5-9-27(8-4-2)29-18-22-31(23-19-29)20-16-25(17-21-31)12-13-26-14-15-28-10-6-7-11-30(28)24-26/h5,8-9,14-15,24-25,29H,3-4,6-7,10-13,16-23H2,1-2H3/b9-5-,27-8+. The molecule has 0 amide bonds. The Morgan fingerprint density at radius 2 is 1.61 bits per heavy atom. The summed E-state index contributed by atoms with van der Waals surface area (Å²) >= 11 is 0. The van der Waals surface area contributed by atoms with Crippen LogP contribution in [-0.2, 0) is 19.3 Å². The third-order valence-electron chi connectivity index (χ3n) is 8.92. The van der Waals surface area contributed by atoms with E-state index in [1.165, 1.54) is 96.3 Å². The van der Waals surface area contributed by atoms with Crippen molar-refractivity contribution < 1.29 is 0 Å². The zero-order valence-corrected chi connectivity index (χ0v) is 20.4. The highest BCUT2D eigenvalue weighted by Gasteiger charge is 2.38. The molecule has 1 aromatic carbocycles. The molecule has 31 heavy (non-hydrogen) atoms. The van der Waals surface area contributed by atoms with Gasteiger partial charge in [-0.3, -0.25) is 0 Å². The molecule has 4 rings (SSSR count). The molecular weight excluding hydrogens is 372 g/mol. The normalized spacial score (nSPS) is 29.4. The molecule has 0 heterocycles. The van der Waals surface area contributed by atoms with E-state index in [0.29, 0.717) is 5.41 Å². The van der Waals surface area contributed by atoms with Gasteiger partial charge < -0.3 is 0 Å². The van der Waals surface area contributed by atoms with Crippen molar-refractivity contribution in [2.75, 3.05) is 0 Å². The van der Waals surface area contributed by atoms with Crippen molar-refractivity contribution in [3.63, 3.8) is 0 Å². The van der Waals surface area contributed by atoms with E-state index in [1.807, 2.05) is 0 Å². The number of benzene rings is 1. The smallest absolute Gasteiger partial charge is 0.0165 e. The number of rotatable bonds is 7. The van der Waals surface area contributed by atoms with Gasteiger partial charge in [-0.05, 0) is 142 Å². The van der Waals surface area contributed by atoms with Crippen molar-refractivity contribution in [3.8, 4) is 0 Å². The third-order valence-corrected chi connectivity index (χ3v) is 8.92. The summed E-state index contributed by atoms with van der Waals surface area (Å²) in [5.41, 5.74) is 7.24. The highest BCUT2D eigenvalue weighted by atomic mass is 14.4. The predicted molar refractivity (Wildman–Crippen MR) is 136 cm³/mol. The quantitative estimate of drug-likeness (QED) is 0.387. The van der Waals surface area contributed by atoms with Crippen LogP contribution in [0.15, 0.2) is 42.0 Å². The lowest BCUT2D eigenvalue weighted by Gasteiger charge is -2.45. The number of hydrogen-bond donors (Lipinski definition) is 0. The molecule has 0 unspecified atom stereocenters. The maximum atomic E-state index is 2.55. The molecule has 1 aromatic rings. The van der Waals surface area contributed by atoms with Gasteiger partial charge in [-0.25, -0.2) is 0 Å². The number of fused-ring (bicyclic) bond motifs is 1. The van der Waals surface area contributed by atoms with Crippen LogP contribution in [0.3, 0.4) is 0 Å². The molecule has 0 aromatic heterocycles. The zero-order valence-electron chi connectivity index (χ0n) is 20.4. The zero-order chi connectivity index (χ0) is 21.5. The van der Waals surface area contributed by atoms with Gasteiger partial charge in [0.15, 0.2) is 0 Å². The monoisotopic (exact) mass is 418 g/mol. The molecule has 0 nitrogen and oxygen atoms in total. The Morgan fingerprint density at radius 3 is 2.32 bits per heavy atom. The molecule has 3 aliphatic rings. The molecule has 3 aliphatic carbocycles. The highest BCUT2D eigenvalue weighted by molar-refractivity contribution is 5.34. The average molecular weight is 419 g/mol. The minimum absolute atomic E-state index is 0.699. The van der Waals surface area contributed by atoms with Gasteiger partial charge in [0.1, 0.15) is 0 Å². The molecule has 0 atom stereocenters. The molecule has 0 bridgehead atoms. The summed E-state index contributed by atoms with van der Waals surface area (Å²) in [4.78, 5) is 0. The maximum absolute atomic E-state index is 2.55. The minimum Gasteiger partial charge on any atom is -0.0845 e. The van der Waals surface area contributed by atoms with Crippen LogP contribution in [-0.4, -0.2) is 0 Å². The summed E-state index contributed by atoms with van der Waals surface area (Å²) in [6.45, 7) is 4.54. The van der Waals surface area contributed by atoms with Crippen LogP contribution < -0.4 is 0 Å². The third kappa shape index (κ3) is 5.94. The Balaban J connectivity index is 1.24. The topological polar surface area (TPSA) is 0 Å². The first-order valence-corrected chi connectivity index (χ1v) is 13.7. The second-order valence-electron chi connectivity index (χ2n) is 11.0. The molecule has 0 heteroatoms. The van der Waals surface area contributed by atoms with Gasteiger partial charge in [-0.1, -0.05) is 50.3 Å². The van der Waals surface area contributed by atoms with Crippen molar-refractivity contribution in [1.29, 1.82) is 0 Å². The minimum atomic E-state index is 0.699. The Kier molecular flexibility index (Phi) is 8.13. The van der Waals surface area contributed by atoms with Crippen LogP contribution in [0.25, 0.3) is 0 Å². The van der Waals surface area contributed by atoms with Gasteiger partial charge in [0.25, 0.3) is 0 Å². The van der Waals surface area contributed by atoms with Gasteiger partial charge >= 0.3 is 0 Å². The fraction of sp³-hybridized carbons (Fsp3) is 0.677. The van der Waals surface area contributed by atoms with Crippen molar-refractivity contribution in [3.05, 3.63) is 58.7 Å². The van der Waals surface area contributed by atoms with Crippen LogP contribution in [0.4, 0.5) is 0 Å². The average Bonchev–Trinajstić information content (AvgIpc) is 2.82. The Hall–Kier alpha value is -1.30. The van der Waals surface area contributed by atoms with Crippen molar-refractivity contribution in [2.24, 2.45) is 17.3 Å². The maximum Gasteiger partial charge on any atom is -0.0165 e. The van der Waals surface area contributed by atoms with E-state index in [1.54, 1.807) is 22.3 Å². The Labute approximate surface area is 192 Å². The summed E-state index contributed by atoms with van der Waals surface area (Å²) in [5, 5.41) is 0. The molecule has 2 fully saturated rings. The van der Waals surface area contributed by atoms with Crippen molar-refractivity contribution in [1.82, 2.24) is 0 Å². The van der Waals surface area contributed by atoms with Gasteiger partial charge in [-0.2, -0.15) is 0 Å². The Bertz CT molecular complexity index is 746. The van der Waals surface area contributed by atoms with Crippen molar-refractivity contribution >= 4 is 0 Å². The molecular formula is C31H46. The molecule has 0 N–H and O–H groups in total. The Morgan fingerprint density at radius 1 is 0.903 bits per heavy atom. The first kappa shape index (κ1) is 22.9. The number of aryl methyl sites for hydroxylation is 3. The van der Waals surface area contributed by atoms with Crippen LogP contribution >= 0.6 is 0 Å². The largest absolute Gasteiger partial charge is 0.0845 e. The molecule has 0 aliphatic heterocycles. The number of hydrogen-bond acceptors (Lipinski definition) is 0. The van der Waals surface area contributed by atoms with Crippen LogP contribution in [0.5, 0.6) is 0 Å². The van der Waals surface area contributed by atoms with E-state index in [2.05, 4.69) is 50.3 Å². The van der Waals surface area contributed by atoms with E-state index < -0.39 is 0 Å². The van der Waals surface area contributed by atoms with Gasteiger partial charge in [0.05, 0.1) is 0 Å². The molecule has 0 saturated heterocycles. The fourth-order valence-electron chi connectivity index (χ4n) is 6.82. The SMILES string of the molecule is CC/C=C\C(=C/CC)C1CCC2(CCC(CCc3ccc4c(c3)CCCC4)CC2)CC1. The summed E-state index contributed by atoms with van der Waals surface area (Å²) in [6.07, 6.45) is 29.6. The van der Waals surface area contributed by atoms with E-state index >= 15 is 0 Å². The molecule has 1 spiro atoms. The van der Waals surface area contributed by atoms with E-state index in [9.17, 15) is 0 Å². The van der Waals surface area contributed by atoms with Gasteiger partial charge in [0.2, 0.25) is 0 Å². The highest BCUT2D eigenvalue weighted by Crippen LogP contribution is 2.51. The second-order valence-corrected chi connectivity index (χ2v) is 11.0. The van der Waals surface area contributed by atoms with Crippen LogP contribution in [0, 0.1) is 17.3 Å². The lowest BCUT2D eigenvalue weighted by Crippen LogP contribution is -2.32. The summed E-state index contributed by atoms with van der Waals surface area (Å²) in [5.74, 6) is 1.80. The van der Waals surface area contributed by atoms with Gasteiger partial charge in [-0.15, -0.1) is 0 Å².